The molecule has 6 heteroatoms. The van der Waals surface area contributed by atoms with Crippen molar-refractivity contribution in [1.29, 1.82) is 0 Å². The highest BCUT2D eigenvalue weighted by molar-refractivity contribution is 6.30. The van der Waals surface area contributed by atoms with E-state index in [4.69, 9.17) is 11.6 Å². The van der Waals surface area contributed by atoms with Gasteiger partial charge in [0.05, 0.1) is 10.6 Å². The lowest BCUT2D eigenvalue weighted by Crippen LogP contribution is -2.22. The summed E-state index contributed by atoms with van der Waals surface area (Å²) in [6, 6.07) is 13.5. The Hall–Kier alpha value is -2.40. The van der Waals surface area contributed by atoms with Crippen molar-refractivity contribution in [2.24, 2.45) is 4.99 Å². The van der Waals surface area contributed by atoms with Crippen molar-refractivity contribution in [3.63, 3.8) is 0 Å². The molecule has 0 aliphatic rings. The van der Waals surface area contributed by atoms with Crippen molar-refractivity contribution >= 4 is 28.8 Å². The third-order valence-corrected chi connectivity index (χ3v) is 3.07. The highest BCUT2D eigenvalue weighted by Crippen LogP contribution is 2.20. The van der Waals surface area contributed by atoms with Crippen LogP contribution >= 0.6 is 11.6 Å². The van der Waals surface area contributed by atoms with Gasteiger partial charge in [-0.1, -0.05) is 11.6 Å². The fraction of sp³-hybridized carbons (Fsp3) is 0.133. The largest absolute Gasteiger partial charge is 0.362 e. The first-order valence-electron chi connectivity index (χ1n) is 6.24. The van der Waals surface area contributed by atoms with Crippen LogP contribution in [0.5, 0.6) is 0 Å². The molecule has 0 radical (unpaired) electrons. The van der Waals surface area contributed by atoms with E-state index >= 15 is 0 Å². The van der Waals surface area contributed by atoms with E-state index < -0.39 is 4.92 Å². The standard InChI is InChI=1S/C15H14ClN3O2/c1-18(2)15(11-3-5-12(16)6-4-11)17-13-7-9-14(10-8-13)19(20)21/h3-10H,1-2H3. The number of benzene rings is 2. The summed E-state index contributed by atoms with van der Waals surface area (Å²) < 4.78 is 0. The maximum absolute atomic E-state index is 10.6. The maximum Gasteiger partial charge on any atom is 0.269 e. The zero-order chi connectivity index (χ0) is 15.4. The number of halogens is 1. The van der Waals surface area contributed by atoms with Gasteiger partial charge in [-0.25, -0.2) is 4.99 Å². The summed E-state index contributed by atoms with van der Waals surface area (Å²) in [6.07, 6.45) is 0. The third kappa shape index (κ3) is 3.79. The number of hydrogen-bond donors (Lipinski definition) is 0. The van der Waals surface area contributed by atoms with Gasteiger partial charge in [0, 0.05) is 36.8 Å². The van der Waals surface area contributed by atoms with Crippen molar-refractivity contribution < 1.29 is 4.92 Å². The van der Waals surface area contributed by atoms with Gasteiger partial charge in [0.25, 0.3) is 5.69 Å². The average Bonchev–Trinajstić information content (AvgIpc) is 2.46. The summed E-state index contributed by atoms with van der Waals surface area (Å²) in [7, 11) is 3.78. The second-order valence-electron chi connectivity index (χ2n) is 4.61. The second kappa shape index (κ2) is 6.37. The van der Waals surface area contributed by atoms with Gasteiger partial charge < -0.3 is 4.90 Å². The number of nitrogens with zero attached hydrogens (tertiary/aromatic N) is 3. The van der Waals surface area contributed by atoms with Crippen LogP contribution in [0.15, 0.2) is 53.5 Å². The van der Waals surface area contributed by atoms with Crippen molar-refractivity contribution in [3.8, 4) is 0 Å². The number of aliphatic imine (C=N–C) groups is 1. The molecule has 5 nitrogen and oxygen atoms in total. The van der Waals surface area contributed by atoms with Crippen LogP contribution in [0.4, 0.5) is 11.4 Å². The number of nitro groups is 1. The molecule has 0 aliphatic carbocycles. The molecule has 0 saturated carbocycles. The molecule has 0 N–H and O–H groups in total. The predicted molar refractivity (Wildman–Crippen MR) is 84.4 cm³/mol. The topological polar surface area (TPSA) is 58.7 Å². The first-order valence-corrected chi connectivity index (χ1v) is 6.61. The van der Waals surface area contributed by atoms with Gasteiger partial charge in [0.1, 0.15) is 5.84 Å². The number of non-ortho nitro benzene ring substituents is 1. The van der Waals surface area contributed by atoms with Gasteiger partial charge in [-0.3, -0.25) is 10.1 Å². The lowest BCUT2D eigenvalue weighted by molar-refractivity contribution is -0.384. The number of nitro benzene ring substituents is 1. The minimum absolute atomic E-state index is 0.0480. The lowest BCUT2D eigenvalue weighted by atomic mass is 10.2. The number of rotatable bonds is 3. The van der Waals surface area contributed by atoms with Crippen molar-refractivity contribution in [2.45, 2.75) is 0 Å². The fourth-order valence-electron chi connectivity index (χ4n) is 1.79. The second-order valence-corrected chi connectivity index (χ2v) is 5.05. The SMILES string of the molecule is CN(C)C(=Nc1ccc([N+](=O)[O-])cc1)c1ccc(Cl)cc1. The van der Waals surface area contributed by atoms with E-state index in [-0.39, 0.29) is 5.69 Å². The number of hydrogen-bond acceptors (Lipinski definition) is 3. The van der Waals surface area contributed by atoms with Gasteiger partial charge in [0.2, 0.25) is 0 Å². The Morgan fingerprint density at radius 3 is 2.14 bits per heavy atom. The molecule has 2 aromatic rings. The average molecular weight is 304 g/mol. The van der Waals surface area contributed by atoms with E-state index in [2.05, 4.69) is 4.99 Å². The highest BCUT2D eigenvalue weighted by atomic mass is 35.5. The molecule has 0 saturated heterocycles. The van der Waals surface area contributed by atoms with E-state index in [1.807, 2.05) is 31.1 Å². The molecule has 0 spiro atoms. The highest BCUT2D eigenvalue weighted by Gasteiger charge is 2.08. The predicted octanol–water partition coefficient (Wildman–Crippen LogP) is 3.89. The molecular weight excluding hydrogens is 290 g/mol. The molecule has 21 heavy (non-hydrogen) atoms. The molecule has 0 aliphatic heterocycles. The summed E-state index contributed by atoms with van der Waals surface area (Å²) in [5, 5.41) is 11.3. The van der Waals surface area contributed by atoms with Gasteiger partial charge >= 0.3 is 0 Å². The summed E-state index contributed by atoms with van der Waals surface area (Å²) in [6.45, 7) is 0. The number of amidine groups is 1. The molecular formula is C15H14ClN3O2. The smallest absolute Gasteiger partial charge is 0.269 e. The Morgan fingerprint density at radius 2 is 1.67 bits per heavy atom. The van der Waals surface area contributed by atoms with E-state index in [1.165, 1.54) is 12.1 Å². The summed E-state index contributed by atoms with van der Waals surface area (Å²) in [5.74, 6) is 0.750. The molecule has 0 heterocycles. The van der Waals surface area contributed by atoms with Crippen LogP contribution in [0.2, 0.25) is 5.02 Å². The molecule has 0 atom stereocenters. The minimum Gasteiger partial charge on any atom is -0.362 e. The van der Waals surface area contributed by atoms with Gasteiger partial charge in [-0.2, -0.15) is 0 Å². The summed E-state index contributed by atoms with van der Waals surface area (Å²) >= 11 is 5.89. The lowest BCUT2D eigenvalue weighted by Gasteiger charge is -2.16. The Morgan fingerprint density at radius 1 is 1.10 bits per heavy atom. The zero-order valence-electron chi connectivity index (χ0n) is 11.7. The van der Waals surface area contributed by atoms with Crippen LogP contribution in [0, 0.1) is 10.1 Å². The fourth-order valence-corrected chi connectivity index (χ4v) is 1.92. The van der Waals surface area contributed by atoms with Gasteiger partial charge in [0.15, 0.2) is 0 Å². The normalized spacial score (nSPS) is 11.3. The zero-order valence-corrected chi connectivity index (χ0v) is 12.4. The van der Waals surface area contributed by atoms with E-state index in [9.17, 15) is 10.1 Å². The molecule has 0 bridgehead atoms. The van der Waals surface area contributed by atoms with Crippen LogP contribution in [0.25, 0.3) is 0 Å². The Labute approximate surface area is 127 Å². The van der Waals surface area contributed by atoms with Crippen LogP contribution in [-0.4, -0.2) is 29.8 Å². The molecule has 0 aromatic heterocycles. The summed E-state index contributed by atoms with van der Waals surface area (Å²) in [4.78, 5) is 16.6. The first-order chi connectivity index (χ1) is 9.97. The van der Waals surface area contributed by atoms with E-state index in [1.54, 1.807) is 24.3 Å². The Balaban J connectivity index is 2.37. The molecule has 0 amide bonds. The van der Waals surface area contributed by atoms with E-state index in [0.717, 1.165) is 11.4 Å². The van der Waals surface area contributed by atoms with Crippen LogP contribution in [-0.2, 0) is 0 Å². The van der Waals surface area contributed by atoms with Gasteiger partial charge in [-0.15, -0.1) is 0 Å². The molecule has 2 aromatic carbocycles. The maximum atomic E-state index is 10.6. The molecule has 0 unspecified atom stereocenters. The van der Waals surface area contributed by atoms with Crippen molar-refractivity contribution in [2.75, 3.05) is 14.1 Å². The van der Waals surface area contributed by atoms with Gasteiger partial charge in [-0.05, 0) is 36.4 Å². The molecule has 0 fully saturated rings. The van der Waals surface area contributed by atoms with Crippen LogP contribution in [0.3, 0.4) is 0 Å². The Kier molecular flexibility index (Phi) is 4.55. The quantitative estimate of drug-likeness (QED) is 0.374. The van der Waals surface area contributed by atoms with Crippen molar-refractivity contribution in [1.82, 2.24) is 4.90 Å². The summed E-state index contributed by atoms with van der Waals surface area (Å²) in [5.41, 5.74) is 1.62. The first kappa shape index (κ1) is 15.0. The Bertz CT molecular complexity index is 664. The van der Waals surface area contributed by atoms with Crippen LogP contribution in [0.1, 0.15) is 5.56 Å². The minimum atomic E-state index is -0.431. The van der Waals surface area contributed by atoms with Crippen molar-refractivity contribution in [3.05, 3.63) is 69.2 Å². The van der Waals surface area contributed by atoms with E-state index in [0.29, 0.717) is 10.7 Å². The molecule has 2 rings (SSSR count). The monoisotopic (exact) mass is 303 g/mol. The molecule has 108 valence electrons. The third-order valence-electron chi connectivity index (χ3n) is 2.82. The van der Waals surface area contributed by atoms with Crippen LogP contribution < -0.4 is 0 Å².